The van der Waals surface area contributed by atoms with Crippen LogP contribution in [0.5, 0.6) is 0 Å². The van der Waals surface area contributed by atoms with Crippen molar-refractivity contribution in [3.8, 4) is 6.07 Å². The third-order valence-electron chi connectivity index (χ3n) is 6.01. The Labute approximate surface area is 219 Å². The Balaban J connectivity index is 1.36. The van der Waals surface area contributed by atoms with E-state index in [0.717, 1.165) is 18.4 Å². The summed E-state index contributed by atoms with van der Waals surface area (Å²) in [5.41, 5.74) is 1.96. The molecule has 3 aromatic rings. The molecule has 1 aliphatic carbocycles. The van der Waals surface area contributed by atoms with Crippen LogP contribution in [0.2, 0.25) is 0 Å². The summed E-state index contributed by atoms with van der Waals surface area (Å²) in [6.45, 7) is 1.11. The van der Waals surface area contributed by atoms with Crippen LogP contribution in [0.15, 0.2) is 24.4 Å². The van der Waals surface area contributed by atoms with Crippen molar-refractivity contribution < 1.29 is 14.4 Å². The van der Waals surface area contributed by atoms with E-state index >= 15 is 0 Å². The first-order valence-electron chi connectivity index (χ1n) is 11.2. The number of anilines is 3. The van der Waals surface area contributed by atoms with Crippen molar-refractivity contribution in [3.05, 3.63) is 35.7 Å². The van der Waals surface area contributed by atoms with Crippen LogP contribution >= 0.6 is 22.9 Å². The number of nitrogens with one attached hydrogen (secondary N) is 2. The molecule has 14 heteroatoms. The molecule has 36 heavy (non-hydrogen) atoms. The lowest BCUT2D eigenvalue weighted by Gasteiger charge is -2.39. The van der Waals surface area contributed by atoms with E-state index in [-0.39, 0.29) is 53.4 Å². The number of carbonyl (C=O) groups excluding carboxylic acids is 3. The smallest absolute Gasteiger partial charge is 0.284 e. The van der Waals surface area contributed by atoms with Crippen molar-refractivity contribution >= 4 is 63.7 Å². The summed E-state index contributed by atoms with van der Waals surface area (Å²) in [5.74, 6) is -0.0459. The Hall–Kier alpha value is -3.87. The minimum atomic E-state index is -0.378. The molecule has 0 atom stereocenters. The normalized spacial score (nSPS) is 15.2. The molecule has 1 aliphatic heterocycles. The highest BCUT2D eigenvalue weighted by Crippen LogP contribution is 2.31. The number of fused-ring (bicyclic) bond motifs is 1. The van der Waals surface area contributed by atoms with Crippen molar-refractivity contribution in [1.29, 1.82) is 5.26 Å². The van der Waals surface area contributed by atoms with Crippen molar-refractivity contribution in [3.63, 3.8) is 0 Å². The fourth-order valence-corrected chi connectivity index (χ4v) is 4.04. The third kappa shape index (κ3) is 4.91. The molecule has 0 radical (unpaired) electrons. The van der Waals surface area contributed by atoms with E-state index in [4.69, 9.17) is 5.26 Å². The van der Waals surface area contributed by atoms with E-state index in [0.29, 0.717) is 24.4 Å². The van der Waals surface area contributed by atoms with Crippen LogP contribution in [0.4, 0.5) is 17.5 Å². The van der Waals surface area contributed by atoms with Gasteiger partial charge in [-0.15, -0.1) is 15.3 Å². The van der Waals surface area contributed by atoms with Crippen LogP contribution in [0.3, 0.4) is 0 Å². The first-order chi connectivity index (χ1) is 17.3. The molecule has 0 aromatic carbocycles. The van der Waals surface area contributed by atoms with E-state index in [1.54, 1.807) is 22.5 Å². The van der Waals surface area contributed by atoms with Crippen LogP contribution in [-0.2, 0) is 9.59 Å². The Bertz CT molecular complexity index is 1400. The molecule has 5 rings (SSSR count). The van der Waals surface area contributed by atoms with E-state index < -0.39 is 0 Å². The SMILES string of the molecule is CN(I)C(=O)c1nnc(NC(=O)C2CC2)cc1Nc1nc2ccc(C3CN(C(=O)CC#N)C3)cn2n1. The molecule has 2 fully saturated rings. The summed E-state index contributed by atoms with van der Waals surface area (Å²) in [4.78, 5) is 42.8. The van der Waals surface area contributed by atoms with Crippen molar-refractivity contribution in [1.82, 2.24) is 32.8 Å². The summed E-state index contributed by atoms with van der Waals surface area (Å²) < 4.78 is 2.97. The highest BCUT2D eigenvalue weighted by molar-refractivity contribution is 14.1. The molecular formula is C22H21IN10O3. The molecule has 2 N–H and O–H groups in total. The molecule has 0 unspecified atom stereocenters. The molecule has 184 valence electrons. The molecule has 3 aromatic heterocycles. The van der Waals surface area contributed by atoms with Gasteiger partial charge in [0.25, 0.3) is 5.91 Å². The topological polar surface area (TPSA) is 162 Å². The molecule has 3 amide bonds. The number of nitriles is 1. The molecule has 13 nitrogen and oxygen atoms in total. The monoisotopic (exact) mass is 600 g/mol. The highest BCUT2D eigenvalue weighted by Gasteiger charge is 2.32. The average Bonchev–Trinajstić information content (AvgIpc) is 3.58. The van der Waals surface area contributed by atoms with Crippen LogP contribution < -0.4 is 10.6 Å². The maximum atomic E-state index is 12.7. The van der Waals surface area contributed by atoms with E-state index in [9.17, 15) is 14.4 Å². The zero-order chi connectivity index (χ0) is 25.4. The largest absolute Gasteiger partial charge is 0.340 e. The number of likely N-dealkylation sites (tertiary alicyclic amines) is 1. The molecule has 1 saturated heterocycles. The number of nitrogens with zero attached hydrogens (tertiary/aromatic N) is 8. The number of carbonyl (C=O) groups is 3. The van der Waals surface area contributed by atoms with Gasteiger partial charge in [-0.3, -0.25) is 17.5 Å². The van der Waals surface area contributed by atoms with Crippen LogP contribution in [0, 0.1) is 17.2 Å². The lowest BCUT2D eigenvalue weighted by Crippen LogP contribution is -2.48. The first-order valence-corrected chi connectivity index (χ1v) is 12.2. The summed E-state index contributed by atoms with van der Waals surface area (Å²) in [6, 6.07) is 7.18. The Kier molecular flexibility index (Phi) is 6.39. The number of halogens is 1. The van der Waals surface area contributed by atoms with Gasteiger partial charge in [0.2, 0.25) is 17.8 Å². The van der Waals surface area contributed by atoms with Crippen LogP contribution in [0.1, 0.15) is 41.2 Å². The van der Waals surface area contributed by atoms with E-state index in [2.05, 4.69) is 30.9 Å². The second-order valence-electron chi connectivity index (χ2n) is 8.69. The molecule has 0 bridgehead atoms. The molecule has 2 aliphatic rings. The van der Waals surface area contributed by atoms with Gasteiger partial charge in [-0.05, 0) is 24.5 Å². The zero-order valence-electron chi connectivity index (χ0n) is 19.2. The van der Waals surface area contributed by atoms with Gasteiger partial charge < -0.3 is 15.5 Å². The highest BCUT2D eigenvalue weighted by atomic mass is 127. The number of rotatable bonds is 7. The first kappa shape index (κ1) is 23.9. The van der Waals surface area contributed by atoms with Gasteiger partial charge in [-0.1, -0.05) is 6.07 Å². The lowest BCUT2D eigenvalue weighted by atomic mass is 9.92. The predicted molar refractivity (Wildman–Crippen MR) is 135 cm³/mol. The maximum Gasteiger partial charge on any atom is 0.284 e. The third-order valence-corrected chi connectivity index (χ3v) is 6.45. The van der Waals surface area contributed by atoms with E-state index in [1.807, 2.05) is 47.3 Å². The molecule has 1 saturated carbocycles. The lowest BCUT2D eigenvalue weighted by molar-refractivity contribution is -0.134. The number of hydrogen-bond acceptors (Lipinski definition) is 9. The second-order valence-corrected chi connectivity index (χ2v) is 10.1. The average molecular weight is 600 g/mol. The Morgan fingerprint density at radius 1 is 1.25 bits per heavy atom. The summed E-state index contributed by atoms with van der Waals surface area (Å²) >= 11 is 1.85. The number of aromatic nitrogens is 5. The van der Waals surface area contributed by atoms with Crippen molar-refractivity contribution in [2.24, 2.45) is 5.92 Å². The summed E-state index contributed by atoms with van der Waals surface area (Å²) in [5, 5.41) is 27.0. The van der Waals surface area contributed by atoms with Crippen LogP contribution in [0.25, 0.3) is 5.65 Å². The molecular weight excluding hydrogens is 579 g/mol. The molecule has 4 heterocycles. The molecule has 0 spiro atoms. The standard InChI is InChI=1S/C22H21IN10O3/c1-31(23)21(36)19-15(8-16(28-29-19)26-20(35)12-2-3-12)25-22-27-17-5-4-13(11-33(17)30-22)14-9-32(10-14)18(34)6-7-24/h4-5,8,11-12,14H,2-3,6,9-10H2,1H3,(H2,25,26,28,30,35). The van der Waals surface area contributed by atoms with E-state index in [1.165, 1.54) is 3.11 Å². The van der Waals surface area contributed by atoms with Gasteiger partial charge in [0, 0.05) is 44.2 Å². The minimum Gasteiger partial charge on any atom is -0.340 e. The summed E-state index contributed by atoms with van der Waals surface area (Å²) in [6.07, 6.45) is 3.43. The summed E-state index contributed by atoms with van der Waals surface area (Å²) in [7, 11) is 1.59. The minimum absolute atomic E-state index is 0.00786. The fraction of sp³-hybridized carbons (Fsp3) is 0.364. The second kappa shape index (κ2) is 9.64. The number of amides is 3. The van der Waals surface area contributed by atoms with Gasteiger partial charge in [0.1, 0.15) is 6.42 Å². The van der Waals surface area contributed by atoms with Crippen LogP contribution in [-0.4, -0.2) is 70.7 Å². The number of hydrogen-bond donors (Lipinski definition) is 2. The van der Waals surface area contributed by atoms with Gasteiger partial charge in [0.15, 0.2) is 17.2 Å². The van der Waals surface area contributed by atoms with Gasteiger partial charge in [-0.2, -0.15) is 10.2 Å². The van der Waals surface area contributed by atoms with Gasteiger partial charge in [-0.25, -0.2) is 4.52 Å². The fourth-order valence-electron chi connectivity index (χ4n) is 3.81. The zero-order valence-corrected chi connectivity index (χ0v) is 21.3. The Morgan fingerprint density at radius 2 is 2.03 bits per heavy atom. The quantitative estimate of drug-likeness (QED) is 0.305. The predicted octanol–water partition coefficient (Wildman–Crippen LogP) is 1.87. The van der Waals surface area contributed by atoms with Crippen molar-refractivity contribution in [2.75, 3.05) is 30.8 Å². The van der Waals surface area contributed by atoms with Crippen molar-refractivity contribution in [2.45, 2.75) is 25.2 Å². The van der Waals surface area contributed by atoms with Gasteiger partial charge >= 0.3 is 0 Å². The maximum absolute atomic E-state index is 12.7. The Morgan fingerprint density at radius 3 is 2.72 bits per heavy atom. The van der Waals surface area contributed by atoms with Gasteiger partial charge in [0.05, 0.1) is 34.6 Å². The number of pyridine rings is 1.